The fourth-order valence-corrected chi connectivity index (χ4v) is 6.99. The van der Waals surface area contributed by atoms with Gasteiger partial charge in [-0.1, -0.05) is 23.5 Å². The van der Waals surface area contributed by atoms with E-state index in [-0.39, 0.29) is 24.5 Å². The van der Waals surface area contributed by atoms with Crippen LogP contribution >= 0.6 is 11.3 Å². The summed E-state index contributed by atoms with van der Waals surface area (Å²) in [6.07, 6.45) is 6.11. The number of amides is 1. The van der Waals surface area contributed by atoms with Crippen LogP contribution in [0.2, 0.25) is 0 Å². The van der Waals surface area contributed by atoms with Crippen molar-refractivity contribution in [3.05, 3.63) is 54.2 Å². The van der Waals surface area contributed by atoms with Gasteiger partial charge in [0.15, 0.2) is 0 Å². The van der Waals surface area contributed by atoms with Gasteiger partial charge in [0.1, 0.15) is 12.3 Å². The van der Waals surface area contributed by atoms with Crippen LogP contribution in [0.5, 0.6) is 10.9 Å². The van der Waals surface area contributed by atoms with Gasteiger partial charge in [-0.2, -0.15) is 0 Å². The molecular weight excluding hydrogens is 500 g/mol. The molecule has 0 saturated carbocycles. The van der Waals surface area contributed by atoms with Gasteiger partial charge in [-0.05, 0) is 62.4 Å². The molecule has 2 aromatic carbocycles. The first-order valence-corrected chi connectivity index (χ1v) is 14.1. The molecule has 2 saturated heterocycles. The molecule has 0 spiro atoms. The number of hydrogen-bond acceptors (Lipinski definition) is 7. The maximum Gasteiger partial charge on any atom is 0.325 e. The lowest BCUT2D eigenvalue weighted by atomic mass is 9.95. The summed E-state index contributed by atoms with van der Waals surface area (Å²) >= 11 is 1.54. The first-order valence-electron chi connectivity index (χ1n) is 13.3. The third kappa shape index (κ3) is 4.88. The van der Waals surface area contributed by atoms with Gasteiger partial charge >= 0.3 is 5.97 Å². The molecule has 0 radical (unpaired) electrons. The number of para-hydroxylation sites is 1. The summed E-state index contributed by atoms with van der Waals surface area (Å²) in [6.45, 7) is 4.56. The lowest BCUT2D eigenvalue weighted by molar-refractivity contribution is -0.150. The molecule has 198 valence electrons. The molecule has 2 bridgehead atoms. The second kappa shape index (κ2) is 10.4. The van der Waals surface area contributed by atoms with Crippen molar-refractivity contribution in [1.82, 2.24) is 19.8 Å². The van der Waals surface area contributed by atoms with Crippen molar-refractivity contribution in [2.75, 3.05) is 13.2 Å². The number of piperidine rings is 1. The first kappa shape index (κ1) is 24.9. The minimum Gasteiger partial charge on any atom is -0.465 e. The highest BCUT2D eigenvalue weighted by Gasteiger charge is 2.43. The maximum atomic E-state index is 12.4. The topological polar surface area (TPSA) is 87.8 Å². The fourth-order valence-electron chi connectivity index (χ4n) is 6.15. The van der Waals surface area contributed by atoms with Crippen molar-refractivity contribution in [2.45, 2.75) is 64.2 Å². The summed E-state index contributed by atoms with van der Waals surface area (Å²) in [4.78, 5) is 36.8. The molecule has 9 heteroatoms. The number of fused-ring (bicyclic) bond motifs is 4. The summed E-state index contributed by atoms with van der Waals surface area (Å²) in [5.74, 6) is 0.371. The molecule has 2 aliphatic rings. The van der Waals surface area contributed by atoms with Gasteiger partial charge in [-0.15, -0.1) is 0 Å². The SMILES string of the molecule is CCOC(=O)CN(C(C)=O)C1CC2CCC(C1)N2Cc1c[nH]c2cc(Oc3nc4ccccc4s3)ccc12. The van der Waals surface area contributed by atoms with E-state index in [0.29, 0.717) is 23.9 Å². The number of hydrogen-bond donors (Lipinski definition) is 1. The molecule has 4 aromatic rings. The molecule has 0 aliphatic carbocycles. The highest BCUT2D eigenvalue weighted by atomic mass is 32.1. The van der Waals surface area contributed by atoms with Gasteiger partial charge in [-0.3, -0.25) is 14.5 Å². The van der Waals surface area contributed by atoms with E-state index in [2.05, 4.69) is 27.1 Å². The number of esters is 1. The quantitative estimate of drug-likeness (QED) is 0.303. The highest BCUT2D eigenvalue weighted by Crippen LogP contribution is 2.40. The minimum absolute atomic E-state index is 0.0388. The number of nitrogens with one attached hydrogen (secondary N) is 1. The Bertz CT molecular complexity index is 1430. The van der Waals surface area contributed by atoms with Crippen molar-refractivity contribution in [2.24, 2.45) is 0 Å². The average molecular weight is 533 g/mol. The van der Waals surface area contributed by atoms with Gasteiger partial charge in [0.05, 0.1) is 16.8 Å². The summed E-state index contributed by atoms with van der Waals surface area (Å²) in [5.41, 5.74) is 3.25. The Morgan fingerprint density at radius 1 is 1.16 bits per heavy atom. The van der Waals surface area contributed by atoms with Crippen LogP contribution in [0.25, 0.3) is 21.1 Å². The Hall–Kier alpha value is -3.43. The maximum absolute atomic E-state index is 12.4. The van der Waals surface area contributed by atoms with E-state index in [1.807, 2.05) is 36.4 Å². The molecule has 1 N–H and O–H groups in total. The zero-order chi connectivity index (χ0) is 26.2. The van der Waals surface area contributed by atoms with Gasteiger partial charge in [0.2, 0.25) is 5.91 Å². The van der Waals surface area contributed by atoms with E-state index in [9.17, 15) is 9.59 Å². The number of carbonyl (C=O) groups excluding carboxylic acids is 2. The predicted molar refractivity (Wildman–Crippen MR) is 147 cm³/mol. The number of aromatic amines is 1. The van der Waals surface area contributed by atoms with Crippen molar-refractivity contribution >= 4 is 44.3 Å². The third-order valence-corrected chi connectivity index (χ3v) is 8.80. The van der Waals surface area contributed by atoms with E-state index < -0.39 is 0 Å². The average Bonchev–Trinajstić information content (AvgIpc) is 3.55. The van der Waals surface area contributed by atoms with Crippen LogP contribution in [0.4, 0.5) is 0 Å². The zero-order valence-corrected chi connectivity index (χ0v) is 22.5. The molecule has 2 fully saturated rings. The molecular formula is C29H32N4O4S. The van der Waals surface area contributed by atoms with Crippen molar-refractivity contribution in [1.29, 1.82) is 0 Å². The second-order valence-corrected chi connectivity index (χ2v) is 11.2. The molecule has 2 aromatic heterocycles. The Kier molecular flexibility index (Phi) is 6.80. The van der Waals surface area contributed by atoms with Crippen molar-refractivity contribution in [3.8, 4) is 10.9 Å². The van der Waals surface area contributed by atoms with Crippen molar-refractivity contribution < 1.29 is 19.1 Å². The number of H-pyrrole nitrogens is 1. The summed E-state index contributed by atoms with van der Waals surface area (Å²) in [5, 5.41) is 1.83. The standard InChI is InChI=1S/C29H32N4O4S/c1-3-36-28(35)17-32(18(2)34)22-12-20-8-9-21(13-22)33(20)16-19-15-30-26-14-23(10-11-24(19)26)37-29-31-25-6-4-5-7-27(25)38-29/h4-7,10-11,14-15,20-22,30H,3,8-9,12-13,16-17H2,1-2H3. The van der Waals surface area contributed by atoms with Crippen LogP contribution in [0.1, 0.15) is 45.1 Å². The van der Waals surface area contributed by atoms with Crippen LogP contribution < -0.4 is 4.74 Å². The lowest BCUT2D eigenvalue weighted by Crippen LogP contribution is -2.52. The normalized spacial score (nSPS) is 21.2. The lowest BCUT2D eigenvalue weighted by Gasteiger charge is -2.42. The molecule has 8 nitrogen and oxygen atoms in total. The molecule has 4 heterocycles. The van der Waals surface area contributed by atoms with E-state index in [0.717, 1.165) is 53.7 Å². The van der Waals surface area contributed by atoms with Gasteiger partial charge in [0.25, 0.3) is 5.19 Å². The molecule has 1 amide bonds. The molecule has 2 unspecified atom stereocenters. The van der Waals surface area contributed by atoms with E-state index in [1.54, 1.807) is 30.1 Å². The Morgan fingerprint density at radius 2 is 1.95 bits per heavy atom. The molecule has 2 atom stereocenters. The Balaban J connectivity index is 1.14. The monoisotopic (exact) mass is 532 g/mol. The minimum atomic E-state index is -0.331. The summed E-state index contributed by atoms with van der Waals surface area (Å²) < 4.78 is 12.3. The van der Waals surface area contributed by atoms with Gasteiger partial charge in [0, 0.05) is 54.8 Å². The molecule has 2 aliphatic heterocycles. The molecule has 38 heavy (non-hydrogen) atoms. The molecule has 6 rings (SSSR count). The van der Waals surface area contributed by atoms with Gasteiger partial charge < -0.3 is 19.4 Å². The number of nitrogens with zero attached hydrogens (tertiary/aromatic N) is 3. The zero-order valence-electron chi connectivity index (χ0n) is 21.7. The first-order chi connectivity index (χ1) is 18.5. The van der Waals surface area contributed by atoms with Gasteiger partial charge in [-0.25, -0.2) is 4.98 Å². The van der Waals surface area contributed by atoms with Crippen LogP contribution in [0, 0.1) is 0 Å². The van der Waals surface area contributed by atoms with Crippen molar-refractivity contribution in [3.63, 3.8) is 0 Å². The van der Waals surface area contributed by atoms with E-state index in [4.69, 9.17) is 9.47 Å². The summed E-state index contributed by atoms with van der Waals surface area (Å²) in [7, 11) is 0. The Morgan fingerprint density at radius 3 is 2.68 bits per heavy atom. The number of aromatic nitrogens is 2. The number of carbonyl (C=O) groups is 2. The number of ether oxygens (including phenoxy) is 2. The fraction of sp³-hybridized carbons (Fsp3) is 0.414. The van der Waals surface area contributed by atoms with Crippen LogP contribution in [0.15, 0.2) is 48.7 Å². The van der Waals surface area contributed by atoms with E-state index in [1.165, 1.54) is 10.9 Å². The largest absolute Gasteiger partial charge is 0.465 e. The number of benzene rings is 2. The highest BCUT2D eigenvalue weighted by molar-refractivity contribution is 7.20. The predicted octanol–water partition coefficient (Wildman–Crippen LogP) is 5.48. The smallest absolute Gasteiger partial charge is 0.325 e. The van der Waals surface area contributed by atoms with E-state index >= 15 is 0 Å². The second-order valence-electron chi connectivity index (χ2n) is 10.2. The van der Waals surface area contributed by atoms with Crippen LogP contribution in [-0.2, 0) is 20.9 Å². The summed E-state index contributed by atoms with van der Waals surface area (Å²) in [6, 6.07) is 15.1. The van der Waals surface area contributed by atoms with Crippen LogP contribution in [-0.4, -0.2) is 62.9 Å². The Labute approximate surface area is 225 Å². The number of rotatable bonds is 8. The third-order valence-electron chi connectivity index (χ3n) is 7.88. The number of thiazole rings is 1. The van der Waals surface area contributed by atoms with Crippen LogP contribution in [0.3, 0.4) is 0 Å².